The minimum absolute atomic E-state index is 0.00258. The van der Waals surface area contributed by atoms with Crippen LogP contribution in [-0.2, 0) is 25.9 Å². The Kier molecular flexibility index (Phi) is 9.37. The van der Waals surface area contributed by atoms with Crippen molar-refractivity contribution in [2.75, 3.05) is 25.2 Å². The topological polar surface area (TPSA) is 153 Å². The molecule has 9 nitrogen and oxygen atoms in total. The van der Waals surface area contributed by atoms with E-state index in [1.165, 1.54) is 16.7 Å². The van der Waals surface area contributed by atoms with E-state index < -0.39 is 0 Å². The van der Waals surface area contributed by atoms with E-state index >= 15 is 0 Å². The second-order valence-electron chi connectivity index (χ2n) is 11.6. The molecule has 0 spiro atoms. The highest BCUT2D eigenvalue weighted by Crippen LogP contribution is 2.29. The van der Waals surface area contributed by atoms with Crippen molar-refractivity contribution < 1.29 is 14.9 Å². The molecule has 7 aromatic rings. The number of aliphatic hydroxyl groups is 2. The summed E-state index contributed by atoms with van der Waals surface area (Å²) in [5.41, 5.74) is 20.9. The first-order valence-electron chi connectivity index (χ1n) is 15.6. The van der Waals surface area contributed by atoms with E-state index in [2.05, 4.69) is 63.3 Å². The average molecular weight is 627 g/mol. The van der Waals surface area contributed by atoms with E-state index in [0.717, 1.165) is 86.2 Å². The summed E-state index contributed by atoms with van der Waals surface area (Å²) in [7, 11) is 1.69. The van der Waals surface area contributed by atoms with Crippen LogP contribution in [0.25, 0.3) is 43.6 Å². The number of nitrogen functional groups attached to an aromatic ring is 2. The number of ether oxygens (including phenoxy) is 1. The summed E-state index contributed by atoms with van der Waals surface area (Å²) in [4.78, 5) is 17.7. The molecule has 47 heavy (non-hydrogen) atoms. The Labute approximate surface area is 272 Å². The normalized spacial score (nSPS) is 11.2. The van der Waals surface area contributed by atoms with Gasteiger partial charge in [0.15, 0.2) is 11.6 Å². The van der Waals surface area contributed by atoms with Gasteiger partial charge in [-0.1, -0.05) is 36.4 Å². The van der Waals surface area contributed by atoms with E-state index in [4.69, 9.17) is 26.4 Å². The van der Waals surface area contributed by atoms with E-state index in [1.807, 2.05) is 42.6 Å². The third-order valence-electron chi connectivity index (χ3n) is 8.46. The number of aromatic nitrogens is 4. The Morgan fingerprint density at radius 3 is 2.09 bits per heavy atom. The minimum Gasteiger partial charge on any atom is -0.497 e. The SMILES string of the molecule is COc1ccc(CCc2cnc3c(N)nc4cc(CCCO)ccc4c3c2)c(C)c1.Nc1nc2cc(CO)ccc2c2cccnc12. The number of hydrogen-bond donors (Lipinski definition) is 4. The molecule has 0 saturated carbocycles. The lowest BCUT2D eigenvalue weighted by Gasteiger charge is -2.11. The molecule has 4 aromatic heterocycles. The first-order chi connectivity index (χ1) is 22.9. The molecular formula is C38H38N6O3. The zero-order valence-electron chi connectivity index (χ0n) is 26.6. The van der Waals surface area contributed by atoms with Gasteiger partial charge in [0.05, 0.1) is 24.8 Å². The highest BCUT2D eigenvalue weighted by molar-refractivity contribution is 6.09. The van der Waals surface area contributed by atoms with Gasteiger partial charge in [-0.05, 0) is 96.8 Å². The highest BCUT2D eigenvalue weighted by atomic mass is 16.5. The second-order valence-corrected chi connectivity index (χ2v) is 11.6. The van der Waals surface area contributed by atoms with Crippen LogP contribution in [0.3, 0.4) is 0 Å². The summed E-state index contributed by atoms with van der Waals surface area (Å²) in [5, 5.41) is 22.3. The average Bonchev–Trinajstić information content (AvgIpc) is 3.10. The predicted molar refractivity (Wildman–Crippen MR) is 189 cm³/mol. The van der Waals surface area contributed by atoms with Crippen LogP contribution in [0.5, 0.6) is 5.75 Å². The predicted octanol–water partition coefficient (Wildman–Crippen LogP) is 6.25. The van der Waals surface area contributed by atoms with Crippen molar-refractivity contribution in [3.05, 3.63) is 113 Å². The van der Waals surface area contributed by atoms with Gasteiger partial charge in [-0.15, -0.1) is 0 Å². The van der Waals surface area contributed by atoms with E-state index in [0.29, 0.717) is 11.6 Å². The Morgan fingerprint density at radius 1 is 0.681 bits per heavy atom. The van der Waals surface area contributed by atoms with Crippen molar-refractivity contribution in [1.29, 1.82) is 0 Å². The highest BCUT2D eigenvalue weighted by Gasteiger charge is 2.11. The maximum Gasteiger partial charge on any atom is 0.150 e. The fraction of sp³-hybridized carbons (Fsp3) is 0.211. The molecular weight excluding hydrogens is 588 g/mol. The Balaban J connectivity index is 0.000000191. The number of pyridine rings is 4. The number of aliphatic hydroxyl groups excluding tert-OH is 2. The number of benzene rings is 3. The smallest absolute Gasteiger partial charge is 0.150 e. The first-order valence-corrected chi connectivity index (χ1v) is 15.6. The third-order valence-corrected chi connectivity index (χ3v) is 8.46. The zero-order valence-corrected chi connectivity index (χ0v) is 26.6. The molecule has 0 atom stereocenters. The van der Waals surface area contributed by atoms with Gasteiger partial charge in [0.25, 0.3) is 0 Å². The molecule has 0 amide bonds. The van der Waals surface area contributed by atoms with Gasteiger partial charge in [-0.2, -0.15) is 0 Å². The maximum absolute atomic E-state index is 9.11. The summed E-state index contributed by atoms with van der Waals surface area (Å²) >= 11 is 0. The fourth-order valence-corrected chi connectivity index (χ4v) is 5.93. The number of nitrogens with two attached hydrogens (primary N) is 2. The van der Waals surface area contributed by atoms with Crippen LogP contribution in [0.15, 0.2) is 85.2 Å². The molecule has 0 radical (unpaired) electrons. The van der Waals surface area contributed by atoms with Gasteiger partial charge in [0.2, 0.25) is 0 Å². The van der Waals surface area contributed by atoms with Crippen LogP contribution in [0, 0.1) is 6.92 Å². The van der Waals surface area contributed by atoms with Crippen LogP contribution >= 0.6 is 0 Å². The van der Waals surface area contributed by atoms with Gasteiger partial charge in [0, 0.05) is 40.5 Å². The van der Waals surface area contributed by atoms with Gasteiger partial charge >= 0.3 is 0 Å². The van der Waals surface area contributed by atoms with E-state index in [-0.39, 0.29) is 13.2 Å². The van der Waals surface area contributed by atoms with Crippen molar-refractivity contribution in [3.63, 3.8) is 0 Å². The monoisotopic (exact) mass is 626 g/mol. The van der Waals surface area contributed by atoms with Gasteiger partial charge in [-0.25, -0.2) is 9.97 Å². The van der Waals surface area contributed by atoms with Crippen molar-refractivity contribution in [3.8, 4) is 5.75 Å². The third kappa shape index (κ3) is 6.77. The van der Waals surface area contributed by atoms with Crippen molar-refractivity contribution in [2.45, 2.75) is 39.2 Å². The molecule has 0 unspecified atom stereocenters. The summed E-state index contributed by atoms with van der Waals surface area (Å²) in [6, 6.07) is 24.2. The van der Waals surface area contributed by atoms with Crippen molar-refractivity contribution >= 4 is 55.2 Å². The van der Waals surface area contributed by atoms with E-state index in [9.17, 15) is 0 Å². The summed E-state index contributed by atoms with van der Waals surface area (Å²) < 4.78 is 5.30. The van der Waals surface area contributed by atoms with Crippen LogP contribution < -0.4 is 16.2 Å². The summed E-state index contributed by atoms with van der Waals surface area (Å²) in [5.74, 6) is 1.76. The molecule has 0 aliphatic heterocycles. The number of anilines is 2. The molecule has 9 heteroatoms. The largest absolute Gasteiger partial charge is 0.497 e. The number of aryl methyl sites for hydroxylation is 4. The van der Waals surface area contributed by atoms with Crippen LogP contribution in [0.4, 0.5) is 11.6 Å². The lowest BCUT2D eigenvalue weighted by Crippen LogP contribution is -1.99. The Hall–Kier alpha value is -5.38. The zero-order chi connectivity index (χ0) is 32.9. The van der Waals surface area contributed by atoms with Crippen LogP contribution in [-0.4, -0.2) is 43.9 Å². The van der Waals surface area contributed by atoms with Gasteiger partial charge < -0.3 is 26.4 Å². The quantitative estimate of drug-likeness (QED) is 0.143. The number of rotatable bonds is 8. The number of hydrogen-bond acceptors (Lipinski definition) is 9. The molecule has 0 fully saturated rings. The Morgan fingerprint density at radius 2 is 1.38 bits per heavy atom. The van der Waals surface area contributed by atoms with E-state index in [1.54, 1.807) is 13.3 Å². The van der Waals surface area contributed by atoms with Crippen LogP contribution in [0.1, 0.15) is 34.2 Å². The Bertz CT molecular complexity index is 2220. The molecule has 0 bridgehead atoms. The number of fused-ring (bicyclic) bond motifs is 6. The lowest BCUT2D eigenvalue weighted by molar-refractivity contribution is 0.282. The molecule has 3 aromatic carbocycles. The molecule has 0 aliphatic carbocycles. The number of methoxy groups -OCH3 is 1. The van der Waals surface area contributed by atoms with Gasteiger partial charge in [0.1, 0.15) is 16.8 Å². The molecule has 4 heterocycles. The van der Waals surface area contributed by atoms with Crippen LogP contribution in [0.2, 0.25) is 0 Å². The maximum atomic E-state index is 9.11. The standard InChI is InChI=1S/C25H27N3O2.C13H11N3O/c1-16-12-20(30-2)9-8-19(16)7-5-18-13-22-21-10-6-17(4-3-11-29)14-23(21)28-25(26)24(22)27-15-18;14-13-12-10(2-1-5-15-12)9-4-3-8(7-17)6-11(9)16-13/h6,8-10,12-15,29H,3-5,7,11H2,1-2H3,(H2,26,28);1-6,17H,7H2,(H2,14,16). The van der Waals surface area contributed by atoms with Crippen molar-refractivity contribution in [1.82, 2.24) is 19.9 Å². The first kappa shape index (κ1) is 31.6. The minimum atomic E-state index is 0.00258. The lowest BCUT2D eigenvalue weighted by atomic mass is 9.99. The number of nitrogens with zero attached hydrogens (tertiary/aromatic N) is 4. The second kappa shape index (κ2) is 13.9. The molecule has 6 N–H and O–H groups in total. The fourth-order valence-electron chi connectivity index (χ4n) is 5.93. The van der Waals surface area contributed by atoms with Gasteiger partial charge in [-0.3, -0.25) is 9.97 Å². The summed E-state index contributed by atoms with van der Waals surface area (Å²) in [6.07, 6.45) is 7.01. The van der Waals surface area contributed by atoms with Crippen molar-refractivity contribution in [2.24, 2.45) is 0 Å². The summed E-state index contributed by atoms with van der Waals surface area (Å²) in [6.45, 7) is 2.31. The molecule has 0 saturated heterocycles. The molecule has 0 aliphatic rings. The molecule has 7 rings (SSSR count). The molecule has 238 valence electrons.